The van der Waals surface area contributed by atoms with E-state index in [0.717, 1.165) is 137 Å². The first-order valence-electron chi connectivity index (χ1n) is 40.4. The molecular weight excluding hydrogens is 1490 g/mol. The Morgan fingerprint density at radius 1 is 0.381 bits per heavy atom. The van der Waals surface area contributed by atoms with Gasteiger partial charge in [-0.25, -0.2) is 59.9 Å². The highest BCUT2D eigenvalue weighted by Crippen LogP contribution is 2.18. The van der Waals surface area contributed by atoms with Crippen molar-refractivity contribution >= 4 is 83.4 Å². The maximum absolute atomic E-state index is 5.66. The molecule has 7 heterocycles. The van der Waals surface area contributed by atoms with E-state index in [1.54, 1.807) is 7.05 Å². The number of hydrogen-bond acceptors (Lipinski definition) is 28. The Bertz CT molecular complexity index is 4360. The third-order valence-electron chi connectivity index (χ3n) is 18.5. The molecule has 7 aliphatic heterocycles. The van der Waals surface area contributed by atoms with Gasteiger partial charge >= 0.3 is 0 Å². The van der Waals surface area contributed by atoms with E-state index in [4.69, 9.17) is 11.5 Å². The lowest BCUT2D eigenvalue weighted by molar-refractivity contribution is 0.428. The minimum atomic E-state index is -0.105. The van der Waals surface area contributed by atoms with Crippen molar-refractivity contribution in [2.45, 2.75) is 137 Å². The van der Waals surface area contributed by atoms with E-state index >= 15 is 0 Å². The highest BCUT2D eigenvalue weighted by Gasteiger charge is 2.26. The fourth-order valence-electron chi connectivity index (χ4n) is 12.7. The first-order chi connectivity index (χ1) is 56.5. The smallest absolute Gasteiger partial charge is 0.226 e. The number of nitrogens with two attached hydrogens (primary N) is 2. The van der Waals surface area contributed by atoms with Gasteiger partial charge in [-0.1, -0.05) is 128 Å². The first kappa shape index (κ1) is 91.1. The van der Waals surface area contributed by atoms with Crippen molar-refractivity contribution in [3.8, 4) is 0 Å². The molecule has 0 bridgehead atoms. The van der Waals surface area contributed by atoms with Gasteiger partial charge in [0.2, 0.25) is 47.7 Å². The van der Waals surface area contributed by atoms with Gasteiger partial charge in [-0.15, -0.1) is 0 Å². The number of nitrogens with zero attached hydrogens (tertiary/aromatic N) is 22. The molecule has 0 aromatic carbocycles. The second-order valence-electron chi connectivity index (χ2n) is 30.0. The average molecular weight is 1620 g/mol. The second kappa shape index (κ2) is 46.3. The van der Waals surface area contributed by atoms with Gasteiger partial charge in [0.25, 0.3) is 0 Å². The maximum atomic E-state index is 5.66. The summed E-state index contributed by atoms with van der Waals surface area (Å²) in [4.78, 5) is 77.8. The van der Waals surface area contributed by atoms with E-state index in [1.165, 1.54) is 39.0 Å². The van der Waals surface area contributed by atoms with Crippen molar-refractivity contribution in [2.24, 2.45) is 81.4 Å². The molecule has 7 atom stereocenters. The Hall–Kier alpha value is -12.5. The minimum Gasteiger partial charge on any atom is -0.370 e. The van der Waals surface area contributed by atoms with Crippen LogP contribution in [0.3, 0.4) is 0 Å². The first-order valence-corrected chi connectivity index (χ1v) is 40.4. The number of rotatable bonds is 14. The molecule has 14 rings (SSSR count). The predicted octanol–water partition coefficient (Wildman–Crippen LogP) is 4.62. The summed E-state index contributed by atoms with van der Waals surface area (Å²) >= 11 is 0. The quantitative estimate of drug-likeness (QED) is 0.113. The number of allylic oxidation sites excluding steroid dienone is 14. The van der Waals surface area contributed by atoms with E-state index in [1.807, 2.05) is 150 Å². The standard InChI is InChI=1S/C14H23N5.C13H21N5.2C12H19N5.2C11H17N5.C10H15N5/c1-11-15-13(17(2)3)19(5)14(16-11)18(4)10-12-8-6-7-9-12;1-10-14-12(17(2)3)16-13(15-10)18(4)9-11-7-5-6-8-11;1-9-14-11(16-12(15-9)17(2)3)13-8-10-6-4-5-7-10;1-9-14-11(13-2)16-12(15-9)17(3)8-10-6-4-5-7-10;1-8-13-10(12)15-11(14-8)16(2)7-9-5-3-4-6-9;1-8-14-10(12-2)16-11(15-8)13-7-9-5-3-4-6-9;1-7-13-9(11)15-10(14-7)12-6-8-4-2-3-5-8/h6,8-9,11H,7,10H2,1-5H3;5,7-8,10H,6,9H2,1-4H3,(H,14,15,16);2*4,6-7,9H,5,8H2,1-3H3,(H2,13,14,15,16);3,5-6,8H,4,7H2,1-2H3,(H3,12,13,14,15);3,5-6,8H,4,7H2,1-2H3,(H3,12,13,14,15,16);2,4-5,7H,3,6H2,1H3,(H4,11,12,13,14,15). The van der Waals surface area contributed by atoms with Gasteiger partial charge in [-0.05, 0) is 132 Å². The Balaban J connectivity index is 0.000000172. The molecule has 0 amide bonds. The summed E-state index contributed by atoms with van der Waals surface area (Å²) in [6.45, 7) is 19.4. The van der Waals surface area contributed by atoms with Crippen molar-refractivity contribution < 1.29 is 0 Å². The molecule has 7 aliphatic carbocycles. The van der Waals surface area contributed by atoms with Crippen LogP contribution in [0.5, 0.6) is 0 Å². The molecule has 0 saturated carbocycles. The van der Waals surface area contributed by atoms with Crippen molar-refractivity contribution in [2.75, 3.05) is 137 Å². The zero-order valence-electron chi connectivity index (χ0n) is 73.1. The maximum Gasteiger partial charge on any atom is 0.226 e. The van der Waals surface area contributed by atoms with E-state index in [9.17, 15) is 0 Å². The largest absolute Gasteiger partial charge is 0.370 e. The molecule has 0 aromatic heterocycles. The van der Waals surface area contributed by atoms with Crippen LogP contribution >= 0.6 is 0 Å². The van der Waals surface area contributed by atoms with Gasteiger partial charge in [-0.2, -0.15) is 4.99 Å². The summed E-state index contributed by atoms with van der Waals surface area (Å²) in [6, 6.07) is 0. The van der Waals surface area contributed by atoms with E-state index in [-0.39, 0.29) is 43.2 Å². The fraction of sp³-hybridized carbons (Fsp3) is 0.494. The van der Waals surface area contributed by atoms with Gasteiger partial charge < -0.3 is 77.7 Å². The zero-order chi connectivity index (χ0) is 85.2. The minimum absolute atomic E-state index is 0.0156. The molecule has 1 fully saturated rings. The highest BCUT2D eigenvalue weighted by atomic mass is 15.5. The number of likely N-dealkylation sites (N-methyl/N-ethyl adjacent to an activating group) is 4. The second-order valence-corrected chi connectivity index (χ2v) is 30.0. The van der Waals surface area contributed by atoms with E-state index in [2.05, 4.69) is 278 Å². The van der Waals surface area contributed by atoms with Crippen molar-refractivity contribution in [3.63, 3.8) is 0 Å². The third kappa shape index (κ3) is 31.0. The van der Waals surface area contributed by atoms with Crippen LogP contribution in [0.15, 0.2) is 237 Å². The van der Waals surface area contributed by atoms with E-state index in [0.29, 0.717) is 37.5 Å². The van der Waals surface area contributed by atoms with Crippen LogP contribution in [0.2, 0.25) is 0 Å². The number of nitrogens with one attached hydrogen (secondary N) is 11. The van der Waals surface area contributed by atoms with Gasteiger partial charge in [0.05, 0.1) is 25.8 Å². The summed E-state index contributed by atoms with van der Waals surface area (Å²) in [6.07, 6.45) is 52.8. The lowest BCUT2D eigenvalue weighted by atomic mass is 10.3. The van der Waals surface area contributed by atoms with Crippen LogP contribution in [0, 0.1) is 0 Å². The van der Waals surface area contributed by atoms with Gasteiger partial charge in [0.1, 0.15) is 37.0 Å². The van der Waals surface area contributed by atoms with Crippen LogP contribution in [0.1, 0.15) is 93.4 Å². The number of aliphatic imine (C=N–C) groups is 14. The summed E-state index contributed by atoms with van der Waals surface area (Å²) in [5.74, 6) is 10.6. The molecule has 35 nitrogen and oxygen atoms in total. The molecular formula is C83H131N35. The van der Waals surface area contributed by atoms with Crippen LogP contribution < -0.4 is 70.0 Å². The Morgan fingerprint density at radius 3 is 1.19 bits per heavy atom. The molecule has 0 aromatic rings. The van der Waals surface area contributed by atoms with Crippen molar-refractivity contribution in [3.05, 3.63) is 167 Å². The molecule has 35 heteroatoms. The van der Waals surface area contributed by atoms with Crippen molar-refractivity contribution in [1.29, 1.82) is 0 Å². The van der Waals surface area contributed by atoms with Gasteiger partial charge in [0, 0.05) is 118 Å². The normalized spacial score (nSPS) is 24.3. The number of hydrogen-bond donors (Lipinski definition) is 13. The van der Waals surface area contributed by atoms with Crippen molar-refractivity contribution in [1.82, 2.24) is 97.7 Å². The molecule has 638 valence electrons. The molecule has 0 radical (unpaired) electrons. The molecule has 1 saturated heterocycles. The molecule has 14 aliphatic rings. The average Bonchev–Trinajstić information content (AvgIpc) is 0.923. The summed E-state index contributed by atoms with van der Waals surface area (Å²) in [5.41, 5.74) is 20.3. The summed E-state index contributed by atoms with van der Waals surface area (Å²) in [7, 11) is 25.6. The van der Waals surface area contributed by atoms with Gasteiger partial charge in [-0.3, -0.25) is 36.5 Å². The van der Waals surface area contributed by atoms with Gasteiger partial charge in [0.15, 0.2) is 35.8 Å². The Morgan fingerprint density at radius 2 is 0.754 bits per heavy atom. The van der Waals surface area contributed by atoms with Crippen LogP contribution in [-0.4, -0.2) is 303 Å². The molecule has 7 unspecified atom stereocenters. The van der Waals surface area contributed by atoms with Crippen LogP contribution in [-0.2, 0) is 0 Å². The number of guanidine groups is 14. The van der Waals surface area contributed by atoms with E-state index < -0.39 is 0 Å². The summed E-state index contributed by atoms with van der Waals surface area (Å²) in [5, 5.41) is 34.2. The lowest BCUT2D eigenvalue weighted by Gasteiger charge is -2.35. The zero-order valence-corrected chi connectivity index (χ0v) is 73.1. The molecule has 118 heavy (non-hydrogen) atoms. The Labute approximate surface area is 699 Å². The SMILES string of the molecule is CC1N=C(N(C)C)N(C)C(N(C)CC2=CCC=C2)=N1.CC1N=C(N(C)C)NC(=NCC2=CCC=C2)N1.CC1N=C(N(C)C)NC(N(C)CC2=CCC=C2)=N1.CC1N=C(N)NC(=NCC2=CCC=C2)N1.CC1N=C(N)NC(N(C)CC2=CCC=C2)=N1.CN=C1NC(=NCC2=CCC=C2)NC(C)N1.CNC1=NC(N(C)CC2=CCC=C2)=NC(C)N1. The topological polar surface area (TPSA) is 383 Å². The third-order valence-corrected chi connectivity index (χ3v) is 18.5. The molecule has 0 spiro atoms. The monoisotopic (exact) mass is 1620 g/mol. The van der Waals surface area contributed by atoms with Crippen LogP contribution in [0.25, 0.3) is 0 Å². The highest BCUT2D eigenvalue weighted by molar-refractivity contribution is 6.04. The molecule has 15 N–H and O–H groups in total. The Kier molecular flexibility index (Phi) is 35.8. The fourth-order valence-corrected chi connectivity index (χ4v) is 12.7. The summed E-state index contributed by atoms with van der Waals surface area (Å²) < 4.78 is 0. The predicted molar refractivity (Wildman–Crippen MR) is 492 cm³/mol. The van der Waals surface area contributed by atoms with Crippen LogP contribution in [0.4, 0.5) is 0 Å². The lowest BCUT2D eigenvalue weighted by Crippen LogP contribution is -2.61.